The van der Waals surface area contributed by atoms with Gasteiger partial charge in [0.25, 0.3) is 0 Å². The Morgan fingerprint density at radius 1 is 1.55 bits per heavy atom. The summed E-state index contributed by atoms with van der Waals surface area (Å²) < 4.78 is 4.53. The van der Waals surface area contributed by atoms with E-state index >= 15 is 0 Å². The fraction of sp³-hybridized carbons (Fsp3) is 0.750. The van der Waals surface area contributed by atoms with Crippen LogP contribution in [0.15, 0.2) is 0 Å². The lowest BCUT2D eigenvalue weighted by Crippen LogP contribution is -2.06. The second-order valence-electron chi connectivity index (χ2n) is 2.82. The molecule has 64 valence electrons. The molecule has 0 saturated carbocycles. The number of carbonyl (C=O) groups is 2. The van der Waals surface area contributed by atoms with E-state index in [1.54, 1.807) is 0 Å². The molecule has 11 heavy (non-hydrogen) atoms. The first kappa shape index (κ1) is 10.1. The van der Waals surface area contributed by atoms with Gasteiger partial charge in [-0.3, -0.25) is 4.79 Å². The molecule has 0 saturated heterocycles. The highest BCUT2D eigenvalue weighted by atomic mass is 16.5. The van der Waals surface area contributed by atoms with Crippen molar-refractivity contribution in [3.05, 3.63) is 0 Å². The first-order valence-electron chi connectivity index (χ1n) is 3.78. The van der Waals surface area contributed by atoms with E-state index < -0.39 is 5.97 Å². The predicted molar refractivity (Wildman–Crippen MR) is 41.1 cm³/mol. The Morgan fingerprint density at radius 2 is 2.18 bits per heavy atom. The van der Waals surface area contributed by atoms with E-state index in [2.05, 4.69) is 18.6 Å². The molecular weight excluding hydrogens is 144 g/mol. The third-order valence-corrected chi connectivity index (χ3v) is 1.27. The minimum atomic E-state index is -0.770. The molecule has 0 aromatic heterocycles. The minimum Gasteiger partial charge on any atom is -0.460 e. The van der Waals surface area contributed by atoms with Crippen molar-refractivity contribution in [2.75, 3.05) is 6.61 Å². The van der Waals surface area contributed by atoms with Crippen LogP contribution in [0.2, 0.25) is 0 Å². The summed E-state index contributed by atoms with van der Waals surface area (Å²) in [6.45, 7) is 4.55. The summed E-state index contributed by atoms with van der Waals surface area (Å²) in [6.07, 6.45) is 2.04. The molecule has 0 aliphatic rings. The summed E-state index contributed by atoms with van der Waals surface area (Å²) in [7, 11) is 0. The van der Waals surface area contributed by atoms with Gasteiger partial charge >= 0.3 is 5.97 Å². The van der Waals surface area contributed by atoms with Crippen LogP contribution in [0.25, 0.3) is 0 Å². The van der Waals surface area contributed by atoms with Crippen molar-refractivity contribution in [3.8, 4) is 0 Å². The van der Waals surface area contributed by atoms with Crippen molar-refractivity contribution in [3.63, 3.8) is 0 Å². The van der Waals surface area contributed by atoms with Crippen molar-refractivity contribution >= 4 is 12.3 Å². The van der Waals surface area contributed by atoms with Crippen LogP contribution in [0.1, 0.15) is 26.7 Å². The van der Waals surface area contributed by atoms with Crippen molar-refractivity contribution in [2.24, 2.45) is 5.92 Å². The van der Waals surface area contributed by atoms with Crippen molar-refractivity contribution in [1.82, 2.24) is 0 Å². The van der Waals surface area contributed by atoms with Gasteiger partial charge in [-0.2, -0.15) is 0 Å². The van der Waals surface area contributed by atoms with Crippen LogP contribution in [0.5, 0.6) is 0 Å². The smallest absolute Gasteiger partial charge is 0.371 e. The number of aldehydes is 1. The fourth-order valence-electron chi connectivity index (χ4n) is 0.698. The van der Waals surface area contributed by atoms with Crippen LogP contribution >= 0.6 is 0 Å². The van der Waals surface area contributed by atoms with E-state index in [-0.39, 0.29) is 6.29 Å². The first-order valence-corrected chi connectivity index (χ1v) is 3.78. The second-order valence-corrected chi connectivity index (χ2v) is 2.82. The number of ether oxygens (including phenoxy) is 1. The van der Waals surface area contributed by atoms with Gasteiger partial charge in [0.1, 0.15) is 0 Å². The average Bonchev–Trinajstić information content (AvgIpc) is 1.97. The summed E-state index contributed by atoms with van der Waals surface area (Å²) in [6, 6.07) is 0. The second kappa shape index (κ2) is 5.89. The monoisotopic (exact) mass is 158 g/mol. The van der Waals surface area contributed by atoms with Crippen molar-refractivity contribution in [2.45, 2.75) is 26.7 Å². The molecule has 0 unspecified atom stereocenters. The normalized spacial score (nSPS) is 9.73. The topological polar surface area (TPSA) is 43.4 Å². The maximum absolute atomic E-state index is 10.3. The van der Waals surface area contributed by atoms with E-state index in [0.717, 1.165) is 12.8 Å². The largest absolute Gasteiger partial charge is 0.460 e. The van der Waals surface area contributed by atoms with Crippen LogP contribution < -0.4 is 0 Å². The fourth-order valence-corrected chi connectivity index (χ4v) is 0.698. The van der Waals surface area contributed by atoms with Gasteiger partial charge < -0.3 is 4.74 Å². The highest BCUT2D eigenvalue weighted by Crippen LogP contribution is 2.02. The van der Waals surface area contributed by atoms with Gasteiger partial charge in [-0.05, 0) is 18.8 Å². The molecule has 0 aliphatic carbocycles. The van der Waals surface area contributed by atoms with Crippen molar-refractivity contribution in [1.29, 1.82) is 0 Å². The zero-order valence-corrected chi connectivity index (χ0v) is 7.00. The van der Waals surface area contributed by atoms with E-state index in [4.69, 9.17) is 0 Å². The third-order valence-electron chi connectivity index (χ3n) is 1.27. The molecular formula is C8H14O3. The molecule has 0 amide bonds. The summed E-state index contributed by atoms with van der Waals surface area (Å²) >= 11 is 0. The maximum Gasteiger partial charge on any atom is 0.371 e. The molecule has 0 radical (unpaired) electrons. The van der Waals surface area contributed by atoms with Gasteiger partial charge in [0, 0.05) is 0 Å². The molecule has 3 heteroatoms. The average molecular weight is 158 g/mol. The Balaban J connectivity index is 3.14. The Labute approximate surface area is 66.7 Å². The number of hydrogen-bond acceptors (Lipinski definition) is 3. The van der Waals surface area contributed by atoms with Gasteiger partial charge in [-0.25, -0.2) is 4.79 Å². The molecule has 0 aromatic carbocycles. The zero-order chi connectivity index (χ0) is 8.69. The van der Waals surface area contributed by atoms with Gasteiger partial charge in [0.15, 0.2) is 0 Å². The number of carbonyl (C=O) groups excluding carboxylic acids is 2. The lowest BCUT2D eigenvalue weighted by Gasteiger charge is -2.03. The molecule has 0 spiro atoms. The number of esters is 1. The van der Waals surface area contributed by atoms with Crippen LogP contribution in [-0.4, -0.2) is 18.9 Å². The van der Waals surface area contributed by atoms with Crippen LogP contribution in [-0.2, 0) is 14.3 Å². The Bertz CT molecular complexity index is 129. The number of rotatable bonds is 5. The maximum atomic E-state index is 10.3. The molecule has 0 aliphatic heterocycles. The van der Waals surface area contributed by atoms with E-state index in [9.17, 15) is 9.59 Å². The molecule has 0 N–H and O–H groups in total. The zero-order valence-electron chi connectivity index (χ0n) is 7.00. The van der Waals surface area contributed by atoms with Crippen LogP contribution in [0.3, 0.4) is 0 Å². The molecule has 0 bridgehead atoms. The van der Waals surface area contributed by atoms with Gasteiger partial charge in [0.2, 0.25) is 6.29 Å². The predicted octanol–water partition coefficient (Wildman–Crippen LogP) is 1.16. The molecule has 0 aromatic rings. The molecule has 0 rings (SSSR count). The molecule has 3 nitrogen and oxygen atoms in total. The Hall–Kier alpha value is -0.860. The quantitative estimate of drug-likeness (QED) is 0.261. The number of hydrogen-bond donors (Lipinski definition) is 0. The molecule has 0 atom stereocenters. The summed E-state index contributed by atoms with van der Waals surface area (Å²) in [4.78, 5) is 20.0. The lowest BCUT2D eigenvalue weighted by atomic mass is 10.1. The van der Waals surface area contributed by atoms with Gasteiger partial charge in [-0.1, -0.05) is 13.8 Å². The van der Waals surface area contributed by atoms with E-state index in [1.165, 1.54) is 0 Å². The SMILES string of the molecule is CC(C)CCCOC(=O)C=O. The molecule has 0 fully saturated rings. The van der Waals surface area contributed by atoms with E-state index in [0.29, 0.717) is 12.5 Å². The highest BCUT2D eigenvalue weighted by molar-refractivity contribution is 6.20. The Morgan fingerprint density at radius 3 is 2.64 bits per heavy atom. The van der Waals surface area contributed by atoms with Crippen LogP contribution in [0, 0.1) is 5.92 Å². The third kappa shape index (κ3) is 7.03. The van der Waals surface area contributed by atoms with Gasteiger partial charge in [-0.15, -0.1) is 0 Å². The standard InChI is InChI=1S/C8H14O3/c1-7(2)4-3-5-11-8(10)6-9/h6-7H,3-5H2,1-2H3. The summed E-state index contributed by atoms with van der Waals surface area (Å²) in [5.74, 6) is -0.154. The Kier molecular flexibility index (Phi) is 5.43. The lowest BCUT2D eigenvalue weighted by molar-refractivity contribution is -0.148. The minimum absolute atomic E-state index is 0.190. The highest BCUT2D eigenvalue weighted by Gasteiger charge is 1.98. The van der Waals surface area contributed by atoms with Gasteiger partial charge in [0.05, 0.1) is 6.61 Å². The summed E-state index contributed by atoms with van der Waals surface area (Å²) in [5, 5.41) is 0. The van der Waals surface area contributed by atoms with E-state index in [1.807, 2.05) is 0 Å². The molecule has 0 heterocycles. The summed E-state index contributed by atoms with van der Waals surface area (Å²) in [5.41, 5.74) is 0. The van der Waals surface area contributed by atoms with Crippen molar-refractivity contribution < 1.29 is 14.3 Å². The first-order chi connectivity index (χ1) is 5.16. The van der Waals surface area contributed by atoms with Crippen LogP contribution in [0.4, 0.5) is 0 Å².